The van der Waals surface area contributed by atoms with Crippen LogP contribution >= 0.6 is 0 Å². The van der Waals surface area contributed by atoms with Gasteiger partial charge in [0.2, 0.25) is 0 Å². The summed E-state index contributed by atoms with van der Waals surface area (Å²) in [6.45, 7) is 5.21. The van der Waals surface area contributed by atoms with E-state index in [0.29, 0.717) is 28.1 Å². The van der Waals surface area contributed by atoms with E-state index in [1.54, 1.807) is 32.9 Å². The van der Waals surface area contributed by atoms with Crippen LogP contribution in [-0.4, -0.2) is 14.9 Å². The molecule has 0 aliphatic carbocycles. The molecular weight excluding hydrogens is 330 g/mol. The van der Waals surface area contributed by atoms with Gasteiger partial charge >= 0.3 is 0 Å². The van der Waals surface area contributed by atoms with E-state index in [1.165, 1.54) is 12.1 Å². The average molecular weight is 349 g/mol. The summed E-state index contributed by atoms with van der Waals surface area (Å²) in [4.78, 5) is 10.6. The van der Waals surface area contributed by atoms with Gasteiger partial charge in [-0.2, -0.15) is 0 Å². The van der Waals surface area contributed by atoms with Crippen molar-refractivity contribution in [1.29, 1.82) is 0 Å². The number of hydrogen-bond acceptors (Lipinski definition) is 6. The topological polar surface area (TPSA) is 125 Å². The van der Waals surface area contributed by atoms with Gasteiger partial charge < -0.3 is 16.2 Å². The first-order valence-electron chi connectivity index (χ1n) is 7.07. The number of carbonyl (C=O) groups excluding carboxylic acids is 1. The summed E-state index contributed by atoms with van der Waals surface area (Å²) in [6.07, 6.45) is 0. The number of hydrogen-bond donors (Lipinski definition) is 3. The molecule has 2 aromatic carbocycles. The molecule has 0 aliphatic rings. The molecule has 2 aromatic rings. The van der Waals surface area contributed by atoms with Gasteiger partial charge in [-0.3, -0.25) is 9.52 Å². The van der Waals surface area contributed by atoms with E-state index in [0.717, 1.165) is 0 Å². The van der Waals surface area contributed by atoms with Crippen molar-refractivity contribution >= 4 is 33.6 Å². The molecule has 0 heterocycles. The molecule has 0 bridgehead atoms. The van der Waals surface area contributed by atoms with Gasteiger partial charge in [-0.1, -0.05) is 12.1 Å². The first-order valence-corrected chi connectivity index (χ1v) is 8.55. The lowest BCUT2D eigenvalue weighted by atomic mass is 10.0. The van der Waals surface area contributed by atoms with Crippen LogP contribution in [0.5, 0.6) is 5.75 Å². The van der Waals surface area contributed by atoms with E-state index in [9.17, 15) is 13.2 Å². The van der Waals surface area contributed by atoms with Crippen LogP contribution in [0.2, 0.25) is 0 Å². The summed E-state index contributed by atoms with van der Waals surface area (Å²) in [7, 11) is -3.98. The van der Waals surface area contributed by atoms with Crippen molar-refractivity contribution in [3.8, 4) is 5.75 Å². The quantitative estimate of drug-likeness (QED) is 0.561. The van der Waals surface area contributed by atoms with Crippen molar-refractivity contribution in [2.24, 2.45) is 0 Å². The lowest BCUT2D eigenvalue weighted by Crippen LogP contribution is -2.18. The highest BCUT2D eigenvalue weighted by atomic mass is 32.2. The molecule has 0 saturated heterocycles. The van der Waals surface area contributed by atoms with Gasteiger partial charge in [0.05, 0.1) is 10.6 Å². The molecule has 0 amide bonds. The molecule has 8 heteroatoms. The van der Waals surface area contributed by atoms with Gasteiger partial charge in [0, 0.05) is 11.4 Å². The highest BCUT2D eigenvalue weighted by molar-refractivity contribution is 7.92. The number of nitrogens with one attached hydrogen (secondary N) is 1. The first kappa shape index (κ1) is 17.6. The van der Waals surface area contributed by atoms with E-state index in [-0.39, 0.29) is 22.8 Å². The Morgan fingerprint density at radius 2 is 1.54 bits per heavy atom. The number of para-hydroxylation sites is 2. The highest BCUT2D eigenvalue weighted by Crippen LogP contribution is 2.35. The Morgan fingerprint density at radius 3 is 2.08 bits per heavy atom. The maximum absolute atomic E-state index is 12.8. The van der Waals surface area contributed by atoms with Crippen LogP contribution in [0.25, 0.3) is 0 Å². The molecule has 0 radical (unpaired) electrons. The average Bonchev–Trinajstić information content (AvgIpc) is 2.53. The Labute approximate surface area is 140 Å². The SMILES string of the molecule is Cc1c(N)c(C)c(S(=O)(=O)Nc2ccccc2OC=O)c(C)c1N. The van der Waals surface area contributed by atoms with Gasteiger partial charge in [0.25, 0.3) is 16.5 Å². The van der Waals surface area contributed by atoms with Crippen LogP contribution in [-0.2, 0) is 14.8 Å². The van der Waals surface area contributed by atoms with Gasteiger partial charge in [-0.05, 0) is 49.6 Å². The van der Waals surface area contributed by atoms with Crippen molar-refractivity contribution in [3.63, 3.8) is 0 Å². The zero-order valence-electron chi connectivity index (χ0n) is 13.6. The van der Waals surface area contributed by atoms with E-state index in [2.05, 4.69) is 4.72 Å². The lowest BCUT2D eigenvalue weighted by Gasteiger charge is -2.19. The fourth-order valence-electron chi connectivity index (χ4n) is 2.54. The van der Waals surface area contributed by atoms with Gasteiger partial charge in [0.15, 0.2) is 5.75 Å². The predicted molar refractivity (Wildman–Crippen MR) is 93.4 cm³/mol. The third-order valence-corrected chi connectivity index (χ3v) is 5.51. The van der Waals surface area contributed by atoms with Crippen molar-refractivity contribution in [2.45, 2.75) is 25.7 Å². The Morgan fingerprint density at radius 1 is 1.00 bits per heavy atom. The minimum Gasteiger partial charge on any atom is -0.427 e. The monoisotopic (exact) mass is 349 g/mol. The van der Waals surface area contributed by atoms with Crippen LogP contribution in [0, 0.1) is 20.8 Å². The van der Waals surface area contributed by atoms with Gasteiger partial charge in [0.1, 0.15) is 0 Å². The molecule has 0 aliphatic heterocycles. The second-order valence-electron chi connectivity index (χ2n) is 5.35. The van der Waals surface area contributed by atoms with Gasteiger partial charge in [-0.25, -0.2) is 8.42 Å². The maximum Gasteiger partial charge on any atom is 0.298 e. The van der Waals surface area contributed by atoms with E-state index in [1.807, 2.05) is 0 Å². The van der Waals surface area contributed by atoms with Crippen LogP contribution in [0.15, 0.2) is 29.2 Å². The second-order valence-corrected chi connectivity index (χ2v) is 6.97. The number of nitrogen functional groups attached to an aromatic ring is 2. The number of carbonyl (C=O) groups is 1. The molecule has 2 rings (SSSR count). The highest BCUT2D eigenvalue weighted by Gasteiger charge is 2.25. The van der Waals surface area contributed by atoms with E-state index < -0.39 is 10.0 Å². The minimum atomic E-state index is -3.98. The predicted octanol–water partition coefficient (Wildman–Crippen LogP) is 2.11. The maximum atomic E-state index is 12.8. The van der Waals surface area contributed by atoms with Crippen molar-refractivity contribution in [1.82, 2.24) is 0 Å². The third kappa shape index (κ3) is 3.00. The second kappa shape index (κ2) is 6.40. The van der Waals surface area contributed by atoms with E-state index in [4.69, 9.17) is 16.2 Å². The Bertz CT molecular complexity index is 879. The number of sulfonamides is 1. The molecule has 0 saturated carbocycles. The van der Waals surface area contributed by atoms with Crippen molar-refractivity contribution in [3.05, 3.63) is 41.0 Å². The normalized spacial score (nSPS) is 11.1. The molecule has 7 nitrogen and oxygen atoms in total. The van der Waals surface area contributed by atoms with Crippen molar-refractivity contribution in [2.75, 3.05) is 16.2 Å². The third-order valence-electron chi connectivity index (χ3n) is 3.87. The summed E-state index contributed by atoms with van der Waals surface area (Å²) in [5.41, 5.74) is 14.2. The van der Waals surface area contributed by atoms with Gasteiger partial charge in [-0.15, -0.1) is 0 Å². The molecule has 0 unspecified atom stereocenters. The molecule has 0 spiro atoms. The van der Waals surface area contributed by atoms with Crippen LogP contribution < -0.4 is 20.9 Å². The largest absolute Gasteiger partial charge is 0.427 e. The fourth-order valence-corrected chi connectivity index (χ4v) is 4.12. The number of benzene rings is 2. The number of nitrogens with two attached hydrogens (primary N) is 2. The van der Waals surface area contributed by atoms with Crippen molar-refractivity contribution < 1.29 is 17.9 Å². The Balaban J connectivity index is 2.60. The lowest BCUT2D eigenvalue weighted by molar-refractivity contribution is -0.120. The molecule has 0 atom stereocenters. The minimum absolute atomic E-state index is 0.0176. The molecule has 128 valence electrons. The number of anilines is 3. The first-order chi connectivity index (χ1) is 11.2. The number of rotatable bonds is 5. The smallest absolute Gasteiger partial charge is 0.298 e. The molecule has 5 N–H and O–H groups in total. The zero-order chi connectivity index (χ0) is 18.1. The summed E-state index contributed by atoms with van der Waals surface area (Å²) in [6, 6.07) is 6.20. The standard InChI is InChI=1S/C16H19N3O4S/c1-9-14(17)10(2)16(11(3)15(9)18)24(21,22)19-12-6-4-5-7-13(12)23-8-20/h4-8,19H,17-18H2,1-3H3. The molecule has 0 aromatic heterocycles. The molecule has 0 fully saturated rings. The summed E-state index contributed by atoms with van der Waals surface area (Å²) in [5.74, 6) is 0.0967. The zero-order valence-corrected chi connectivity index (χ0v) is 14.4. The molecule has 24 heavy (non-hydrogen) atoms. The Kier molecular flexibility index (Phi) is 4.70. The fraction of sp³-hybridized carbons (Fsp3) is 0.188. The van der Waals surface area contributed by atoms with Crippen LogP contribution in [0.3, 0.4) is 0 Å². The van der Waals surface area contributed by atoms with Crippen LogP contribution in [0.4, 0.5) is 17.1 Å². The van der Waals surface area contributed by atoms with E-state index >= 15 is 0 Å². The summed E-state index contributed by atoms with van der Waals surface area (Å²) in [5, 5.41) is 0. The Hall–Kier alpha value is -2.74. The molecular formula is C16H19N3O4S. The summed E-state index contributed by atoms with van der Waals surface area (Å²) < 4.78 is 32.9. The van der Waals surface area contributed by atoms with Crippen LogP contribution in [0.1, 0.15) is 16.7 Å². The summed E-state index contributed by atoms with van der Waals surface area (Å²) >= 11 is 0. The number of ether oxygens (including phenoxy) is 1.